The van der Waals surface area contributed by atoms with Gasteiger partial charge in [-0.1, -0.05) is 6.07 Å². The lowest BCUT2D eigenvalue weighted by Gasteiger charge is -2.06. The van der Waals surface area contributed by atoms with Crippen LogP contribution in [-0.4, -0.2) is 39.9 Å². The fourth-order valence-corrected chi connectivity index (χ4v) is 2.40. The molecule has 2 aromatic carbocycles. The largest absolute Gasteiger partial charge is 0.462 e. The zero-order chi connectivity index (χ0) is 20.8. The fraction of sp³-hybridized carbons (Fsp3) is 0.158. The lowest BCUT2D eigenvalue weighted by molar-refractivity contribution is -0.0498. The van der Waals surface area contributed by atoms with Gasteiger partial charge >= 0.3 is 12.6 Å². The number of aromatic nitrogens is 3. The van der Waals surface area contributed by atoms with Gasteiger partial charge in [-0.05, 0) is 49.4 Å². The molecular formula is C19H16F2N4O4. The van der Waals surface area contributed by atoms with E-state index in [4.69, 9.17) is 4.74 Å². The minimum absolute atomic E-state index is 0.00307. The average molecular weight is 402 g/mol. The van der Waals surface area contributed by atoms with Gasteiger partial charge in [0.25, 0.3) is 5.91 Å². The molecule has 0 unspecified atom stereocenters. The highest BCUT2D eigenvalue weighted by Crippen LogP contribution is 2.17. The molecule has 0 atom stereocenters. The number of hydrogen-bond acceptors (Lipinski definition) is 6. The molecule has 29 heavy (non-hydrogen) atoms. The summed E-state index contributed by atoms with van der Waals surface area (Å²) in [6.45, 7) is -0.971. The molecular weight excluding hydrogens is 386 g/mol. The summed E-state index contributed by atoms with van der Waals surface area (Å²) in [6, 6.07) is 12.0. The van der Waals surface area contributed by atoms with Gasteiger partial charge in [0, 0.05) is 5.69 Å². The van der Waals surface area contributed by atoms with Crippen molar-refractivity contribution >= 4 is 17.6 Å². The third-order valence-corrected chi connectivity index (χ3v) is 3.65. The first-order valence-electron chi connectivity index (χ1n) is 8.51. The van der Waals surface area contributed by atoms with Crippen molar-refractivity contribution in [3.63, 3.8) is 0 Å². The summed E-state index contributed by atoms with van der Waals surface area (Å²) in [5.41, 5.74) is 1.18. The first-order chi connectivity index (χ1) is 14.0. The second-order valence-electron chi connectivity index (χ2n) is 5.64. The molecule has 0 aliphatic heterocycles. The number of benzene rings is 2. The van der Waals surface area contributed by atoms with E-state index in [2.05, 4.69) is 20.1 Å². The zero-order valence-electron chi connectivity index (χ0n) is 15.2. The van der Waals surface area contributed by atoms with Crippen molar-refractivity contribution in [3.8, 4) is 11.4 Å². The highest BCUT2D eigenvalue weighted by Gasteiger charge is 2.14. The third kappa shape index (κ3) is 5.12. The summed E-state index contributed by atoms with van der Waals surface area (Å²) in [6.07, 6.45) is 1.31. The van der Waals surface area contributed by atoms with Crippen LogP contribution in [0.2, 0.25) is 0 Å². The molecule has 1 N–H and O–H groups in total. The SMILES string of the molecule is CCOC(=O)c1cccc(NC(=O)c2ncn(-c3ccc(OC(F)F)cc3)n2)c1. The first kappa shape index (κ1) is 19.9. The highest BCUT2D eigenvalue weighted by atomic mass is 19.3. The van der Waals surface area contributed by atoms with E-state index < -0.39 is 18.5 Å². The van der Waals surface area contributed by atoms with Crippen molar-refractivity contribution in [2.24, 2.45) is 0 Å². The van der Waals surface area contributed by atoms with Gasteiger partial charge in [-0.25, -0.2) is 14.5 Å². The molecule has 150 valence electrons. The van der Waals surface area contributed by atoms with Crippen LogP contribution >= 0.6 is 0 Å². The Morgan fingerprint density at radius 1 is 1.17 bits per heavy atom. The van der Waals surface area contributed by atoms with Crippen LogP contribution in [0.1, 0.15) is 27.9 Å². The van der Waals surface area contributed by atoms with Crippen LogP contribution in [0.4, 0.5) is 14.5 Å². The summed E-state index contributed by atoms with van der Waals surface area (Å²) < 4.78 is 34.9. The van der Waals surface area contributed by atoms with Gasteiger partial charge in [-0.2, -0.15) is 8.78 Å². The molecule has 1 heterocycles. The first-order valence-corrected chi connectivity index (χ1v) is 8.51. The van der Waals surface area contributed by atoms with Crippen LogP contribution in [0.5, 0.6) is 5.75 Å². The van der Waals surface area contributed by atoms with Crippen LogP contribution in [0.25, 0.3) is 5.69 Å². The van der Waals surface area contributed by atoms with Crippen molar-refractivity contribution < 1.29 is 27.8 Å². The molecule has 3 aromatic rings. The topological polar surface area (TPSA) is 95.3 Å². The zero-order valence-corrected chi connectivity index (χ0v) is 15.2. The standard InChI is InChI=1S/C19H16F2N4O4/c1-2-28-18(27)12-4-3-5-13(10-12)23-17(26)16-22-11-25(24-16)14-6-8-15(9-7-14)29-19(20)21/h3-11,19H,2H2,1H3,(H,23,26). The van der Waals surface area contributed by atoms with Crippen molar-refractivity contribution in [2.45, 2.75) is 13.5 Å². The number of amides is 1. The molecule has 3 rings (SSSR count). The molecule has 10 heteroatoms. The number of esters is 1. The number of nitrogens with one attached hydrogen (secondary N) is 1. The Balaban J connectivity index is 1.70. The van der Waals surface area contributed by atoms with E-state index in [-0.39, 0.29) is 18.2 Å². The van der Waals surface area contributed by atoms with Crippen molar-refractivity contribution in [3.05, 3.63) is 66.2 Å². The smallest absolute Gasteiger partial charge is 0.387 e. The van der Waals surface area contributed by atoms with Crippen molar-refractivity contribution in [2.75, 3.05) is 11.9 Å². The maximum absolute atomic E-state index is 12.4. The number of halogens is 2. The summed E-state index contributed by atoms with van der Waals surface area (Å²) in [5.74, 6) is -1.18. The molecule has 0 saturated heterocycles. The van der Waals surface area contributed by atoms with Crippen LogP contribution in [0.15, 0.2) is 54.9 Å². The van der Waals surface area contributed by atoms with Gasteiger partial charge < -0.3 is 14.8 Å². The van der Waals surface area contributed by atoms with Gasteiger partial charge in [-0.3, -0.25) is 4.79 Å². The molecule has 8 nitrogen and oxygen atoms in total. The van der Waals surface area contributed by atoms with Gasteiger partial charge in [0.2, 0.25) is 5.82 Å². The number of hydrogen-bond donors (Lipinski definition) is 1. The van der Waals surface area contributed by atoms with Crippen molar-refractivity contribution in [1.29, 1.82) is 0 Å². The predicted molar refractivity (Wildman–Crippen MR) is 98.3 cm³/mol. The third-order valence-electron chi connectivity index (χ3n) is 3.65. The molecule has 0 saturated carbocycles. The number of carbonyl (C=O) groups excluding carboxylic acids is 2. The van der Waals surface area contributed by atoms with Crippen LogP contribution in [0.3, 0.4) is 0 Å². The summed E-state index contributed by atoms with van der Waals surface area (Å²) in [5, 5.41) is 6.67. The van der Waals surface area contributed by atoms with Gasteiger partial charge in [0.1, 0.15) is 12.1 Å². The number of ether oxygens (including phenoxy) is 2. The number of alkyl halides is 2. The lowest BCUT2D eigenvalue weighted by Crippen LogP contribution is -2.15. The molecule has 0 radical (unpaired) electrons. The van der Waals surface area contributed by atoms with Gasteiger partial charge in [-0.15, -0.1) is 5.10 Å². The second kappa shape index (κ2) is 8.91. The molecule has 1 amide bonds. The second-order valence-corrected chi connectivity index (χ2v) is 5.64. The quantitative estimate of drug-likeness (QED) is 0.610. The van der Waals surface area contributed by atoms with E-state index in [0.717, 1.165) is 0 Å². The Labute approximate surface area is 164 Å². The van der Waals surface area contributed by atoms with E-state index in [1.807, 2.05) is 0 Å². The van der Waals surface area contributed by atoms with E-state index in [9.17, 15) is 18.4 Å². The molecule has 0 fully saturated rings. The Morgan fingerprint density at radius 2 is 1.93 bits per heavy atom. The average Bonchev–Trinajstić information content (AvgIpc) is 3.19. The van der Waals surface area contributed by atoms with Crippen LogP contribution < -0.4 is 10.1 Å². The normalized spacial score (nSPS) is 10.6. The van der Waals surface area contributed by atoms with Crippen LogP contribution in [0, 0.1) is 0 Å². The predicted octanol–water partition coefficient (Wildman–Crippen LogP) is 3.30. The molecule has 0 aliphatic rings. The van der Waals surface area contributed by atoms with Crippen molar-refractivity contribution in [1.82, 2.24) is 14.8 Å². The van der Waals surface area contributed by atoms with Gasteiger partial charge in [0.05, 0.1) is 17.9 Å². The number of nitrogens with zero attached hydrogens (tertiary/aromatic N) is 3. The Hall–Kier alpha value is -3.82. The minimum atomic E-state index is -2.91. The van der Waals surface area contributed by atoms with E-state index >= 15 is 0 Å². The molecule has 1 aromatic heterocycles. The monoisotopic (exact) mass is 402 g/mol. The Morgan fingerprint density at radius 3 is 2.62 bits per heavy atom. The molecule has 0 spiro atoms. The summed E-state index contributed by atoms with van der Waals surface area (Å²) in [7, 11) is 0. The van der Waals surface area contributed by atoms with E-state index in [1.165, 1.54) is 41.3 Å². The lowest BCUT2D eigenvalue weighted by atomic mass is 10.2. The van der Waals surface area contributed by atoms with Crippen LogP contribution in [-0.2, 0) is 4.74 Å². The Kier molecular flexibility index (Phi) is 6.12. The van der Waals surface area contributed by atoms with E-state index in [0.29, 0.717) is 16.9 Å². The molecule has 0 bridgehead atoms. The molecule has 0 aliphatic carbocycles. The van der Waals surface area contributed by atoms with E-state index in [1.54, 1.807) is 25.1 Å². The minimum Gasteiger partial charge on any atom is -0.462 e. The maximum atomic E-state index is 12.4. The number of anilines is 1. The maximum Gasteiger partial charge on any atom is 0.387 e. The highest BCUT2D eigenvalue weighted by molar-refractivity contribution is 6.02. The van der Waals surface area contributed by atoms with Gasteiger partial charge in [0.15, 0.2) is 0 Å². The number of rotatable bonds is 7. The number of carbonyl (C=O) groups is 2. The Bertz CT molecular complexity index is 1010. The summed E-state index contributed by atoms with van der Waals surface area (Å²) in [4.78, 5) is 28.1. The fourth-order valence-electron chi connectivity index (χ4n) is 2.40. The summed E-state index contributed by atoms with van der Waals surface area (Å²) >= 11 is 0.